The first-order valence-electron chi connectivity index (χ1n) is 15.9. The van der Waals surface area contributed by atoms with E-state index in [0.717, 1.165) is 55.2 Å². The van der Waals surface area contributed by atoms with Crippen LogP contribution in [0.1, 0.15) is 63.2 Å². The number of benzene rings is 3. The molecule has 0 saturated heterocycles. The van der Waals surface area contributed by atoms with Crippen LogP contribution in [0.2, 0.25) is 0 Å². The predicted octanol–water partition coefficient (Wildman–Crippen LogP) is 6.70. The van der Waals surface area contributed by atoms with Gasteiger partial charge in [-0.15, -0.1) is 0 Å². The first-order valence-corrected chi connectivity index (χ1v) is 15.9. The maximum atomic E-state index is 13.7. The SMILES string of the molecule is CN(C(=O)COc1ccccc1N(CC1CCCCC1)C(=O)CNC(=O)Nc1cccc(C(=O)OC(C)(C)C)c1)c1cc(F)cc(F)c1. The van der Waals surface area contributed by atoms with Gasteiger partial charge in [-0.25, -0.2) is 18.4 Å². The molecule has 0 spiro atoms. The third-order valence-electron chi connectivity index (χ3n) is 7.74. The lowest BCUT2D eigenvalue weighted by molar-refractivity contribution is -0.120. The van der Waals surface area contributed by atoms with Crippen molar-refractivity contribution in [2.75, 3.05) is 41.9 Å². The first kappa shape index (κ1) is 35.8. The molecule has 1 aliphatic carbocycles. The predicted molar refractivity (Wildman–Crippen MR) is 179 cm³/mol. The topological polar surface area (TPSA) is 117 Å². The summed E-state index contributed by atoms with van der Waals surface area (Å²) >= 11 is 0. The summed E-state index contributed by atoms with van der Waals surface area (Å²) < 4.78 is 38.7. The van der Waals surface area contributed by atoms with Crippen molar-refractivity contribution < 1.29 is 37.4 Å². The second-order valence-electron chi connectivity index (χ2n) is 12.7. The van der Waals surface area contributed by atoms with Gasteiger partial charge in [0.2, 0.25) is 5.91 Å². The fraction of sp³-hybridized carbons (Fsp3) is 0.389. The number of hydrogen-bond acceptors (Lipinski definition) is 6. The van der Waals surface area contributed by atoms with Gasteiger partial charge in [-0.3, -0.25) is 9.59 Å². The van der Waals surface area contributed by atoms with Gasteiger partial charge in [-0.05, 0) is 82.0 Å². The normalized spacial score (nSPS) is 13.3. The van der Waals surface area contributed by atoms with Crippen molar-refractivity contribution in [3.05, 3.63) is 83.9 Å². The van der Waals surface area contributed by atoms with Gasteiger partial charge in [0, 0.05) is 31.0 Å². The smallest absolute Gasteiger partial charge is 0.338 e. The lowest BCUT2D eigenvalue weighted by atomic mass is 9.89. The summed E-state index contributed by atoms with van der Waals surface area (Å²) in [4.78, 5) is 54.6. The Morgan fingerprint density at radius 2 is 1.56 bits per heavy atom. The summed E-state index contributed by atoms with van der Waals surface area (Å²) in [5.74, 6) is -2.62. The maximum absolute atomic E-state index is 13.7. The van der Waals surface area contributed by atoms with E-state index in [0.29, 0.717) is 17.9 Å². The molecule has 1 aliphatic rings. The third-order valence-corrected chi connectivity index (χ3v) is 7.74. The number of halogens is 2. The van der Waals surface area contributed by atoms with Gasteiger partial charge in [0.1, 0.15) is 23.0 Å². The number of esters is 1. The van der Waals surface area contributed by atoms with E-state index < -0.39 is 47.7 Å². The highest BCUT2D eigenvalue weighted by atomic mass is 19.1. The van der Waals surface area contributed by atoms with Gasteiger partial charge in [0.25, 0.3) is 5.91 Å². The van der Waals surface area contributed by atoms with Crippen LogP contribution in [0.4, 0.5) is 30.6 Å². The van der Waals surface area contributed by atoms with Crippen LogP contribution in [0.15, 0.2) is 66.7 Å². The molecular weight excluding hydrogens is 622 g/mol. The van der Waals surface area contributed by atoms with Crippen LogP contribution in [-0.2, 0) is 14.3 Å². The van der Waals surface area contributed by atoms with E-state index in [1.54, 1.807) is 68.1 Å². The van der Waals surface area contributed by atoms with Gasteiger partial charge in [0.15, 0.2) is 6.61 Å². The number of hydrogen-bond donors (Lipinski definition) is 2. The van der Waals surface area contributed by atoms with Crippen molar-refractivity contribution in [3.63, 3.8) is 0 Å². The Hall–Kier alpha value is -5.00. The highest BCUT2D eigenvalue weighted by Crippen LogP contribution is 2.32. The van der Waals surface area contributed by atoms with Crippen molar-refractivity contribution in [1.29, 1.82) is 0 Å². The monoisotopic (exact) mass is 664 g/mol. The van der Waals surface area contributed by atoms with E-state index in [-0.39, 0.29) is 29.5 Å². The lowest BCUT2D eigenvalue weighted by Gasteiger charge is -2.31. The molecular formula is C36H42F2N4O6. The minimum absolute atomic E-state index is 0.0319. The number of ether oxygens (including phenoxy) is 2. The molecule has 256 valence electrons. The molecule has 12 heteroatoms. The number of urea groups is 1. The molecule has 1 saturated carbocycles. The second-order valence-corrected chi connectivity index (χ2v) is 12.7. The zero-order valence-electron chi connectivity index (χ0n) is 27.7. The van der Waals surface area contributed by atoms with E-state index in [2.05, 4.69) is 10.6 Å². The quantitative estimate of drug-likeness (QED) is 0.221. The Bertz CT molecular complexity index is 1600. The number of likely N-dealkylation sites (N-methyl/N-ethyl adjacent to an activating group) is 1. The second kappa shape index (κ2) is 16.2. The molecule has 0 unspecified atom stereocenters. The van der Waals surface area contributed by atoms with E-state index >= 15 is 0 Å². The van der Waals surface area contributed by atoms with Gasteiger partial charge < -0.3 is 29.9 Å². The van der Waals surface area contributed by atoms with Crippen molar-refractivity contribution in [2.45, 2.75) is 58.5 Å². The fourth-order valence-corrected chi connectivity index (χ4v) is 5.37. The number of carbonyl (C=O) groups is 4. The van der Waals surface area contributed by atoms with Crippen LogP contribution in [0, 0.1) is 17.6 Å². The van der Waals surface area contributed by atoms with Crippen molar-refractivity contribution in [2.24, 2.45) is 5.92 Å². The van der Waals surface area contributed by atoms with Crippen molar-refractivity contribution in [3.8, 4) is 5.75 Å². The molecule has 4 rings (SSSR count). The molecule has 0 aromatic heterocycles. The van der Waals surface area contributed by atoms with Crippen molar-refractivity contribution in [1.82, 2.24) is 5.32 Å². The molecule has 10 nitrogen and oxygen atoms in total. The summed E-state index contributed by atoms with van der Waals surface area (Å²) in [6, 6.07) is 15.2. The molecule has 2 N–H and O–H groups in total. The molecule has 3 aromatic carbocycles. The minimum Gasteiger partial charge on any atom is -0.482 e. The van der Waals surface area contributed by atoms with Gasteiger partial charge in [-0.2, -0.15) is 0 Å². The van der Waals surface area contributed by atoms with Gasteiger partial charge in [-0.1, -0.05) is 37.5 Å². The van der Waals surface area contributed by atoms with Gasteiger partial charge >= 0.3 is 12.0 Å². The van der Waals surface area contributed by atoms with E-state index in [1.807, 2.05) is 0 Å². The van der Waals surface area contributed by atoms with E-state index in [4.69, 9.17) is 9.47 Å². The number of rotatable bonds is 11. The third kappa shape index (κ3) is 10.5. The molecule has 4 amide bonds. The summed E-state index contributed by atoms with van der Waals surface area (Å²) in [5, 5.41) is 5.25. The molecule has 3 aromatic rings. The summed E-state index contributed by atoms with van der Waals surface area (Å²) in [7, 11) is 1.38. The Morgan fingerprint density at radius 1 is 0.875 bits per heavy atom. The molecule has 1 fully saturated rings. The highest BCUT2D eigenvalue weighted by Gasteiger charge is 2.26. The maximum Gasteiger partial charge on any atom is 0.338 e. The van der Waals surface area contributed by atoms with Crippen LogP contribution < -0.4 is 25.2 Å². The number of nitrogens with zero attached hydrogens (tertiary/aromatic N) is 2. The molecule has 0 aliphatic heterocycles. The van der Waals surface area contributed by atoms with E-state index in [1.165, 1.54) is 13.1 Å². The Morgan fingerprint density at radius 3 is 2.25 bits per heavy atom. The first-order chi connectivity index (χ1) is 22.8. The van der Waals surface area contributed by atoms with E-state index in [9.17, 15) is 28.0 Å². The largest absolute Gasteiger partial charge is 0.482 e. The zero-order chi connectivity index (χ0) is 34.8. The Kier molecular flexibility index (Phi) is 12.1. The minimum atomic E-state index is -0.815. The van der Waals surface area contributed by atoms with Crippen LogP contribution in [-0.4, -0.2) is 56.2 Å². The van der Waals surface area contributed by atoms with Crippen LogP contribution in [0.25, 0.3) is 0 Å². The number of anilines is 3. The lowest BCUT2D eigenvalue weighted by Crippen LogP contribution is -2.44. The molecule has 48 heavy (non-hydrogen) atoms. The average molecular weight is 665 g/mol. The highest BCUT2D eigenvalue weighted by molar-refractivity contribution is 6.00. The summed E-state index contributed by atoms with van der Waals surface area (Å²) in [5.41, 5.74) is 0.386. The Labute approximate surface area is 279 Å². The van der Waals surface area contributed by atoms with Crippen LogP contribution in [0.5, 0.6) is 5.75 Å². The Balaban J connectivity index is 1.45. The number of carbonyl (C=O) groups excluding carboxylic acids is 4. The zero-order valence-corrected chi connectivity index (χ0v) is 27.7. The molecule has 0 heterocycles. The summed E-state index contributed by atoms with van der Waals surface area (Å²) in [6.45, 7) is 4.87. The van der Waals surface area contributed by atoms with Gasteiger partial charge in [0.05, 0.1) is 17.8 Å². The average Bonchev–Trinajstić information content (AvgIpc) is 3.04. The number of para-hydroxylation sites is 2. The van der Waals surface area contributed by atoms with Crippen LogP contribution in [0.3, 0.4) is 0 Å². The fourth-order valence-electron chi connectivity index (χ4n) is 5.37. The number of amides is 4. The molecule has 0 bridgehead atoms. The van der Waals surface area contributed by atoms with Crippen LogP contribution >= 0.6 is 0 Å². The molecule has 0 atom stereocenters. The summed E-state index contributed by atoms with van der Waals surface area (Å²) in [6.07, 6.45) is 5.13. The number of nitrogens with one attached hydrogen (secondary N) is 2. The molecule has 0 radical (unpaired) electrons. The standard InChI is InChI=1S/C36H42F2N4O6/c1-36(2,3)48-34(45)25-13-10-14-28(17-25)40-35(46)39-21-32(43)42(22-24-11-6-5-7-12-24)30-15-8-9-16-31(30)47-23-33(44)41(4)29-19-26(37)18-27(38)20-29/h8-10,13-20,24H,5-7,11-12,21-23H2,1-4H3,(H2,39,40,46). The van der Waals surface area contributed by atoms with Crippen molar-refractivity contribution >= 4 is 40.9 Å².